The molecule has 0 aliphatic rings. The molecule has 0 saturated heterocycles. The Bertz CT molecular complexity index is 750. The van der Waals surface area contributed by atoms with Gasteiger partial charge in [0.2, 0.25) is 0 Å². The number of nitrogen functional groups attached to an aromatic ring is 1. The summed E-state index contributed by atoms with van der Waals surface area (Å²) in [4.78, 5) is 4.20. The summed E-state index contributed by atoms with van der Waals surface area (Å²) in [5.74, 6) is 0. The normalized spacial score (nSPS) is 13.2. The van der Waals surface area contributed by atoms with Crippen molar-refractivity contribution in [3.63, 3.8) is 0 Å². The second-order valence-corrected chi connectivity index (χ2v) is 5.07. The highest BCUT2D eigenvalue weighted by atomic mass is 35.5. The first-order valence-corrected chi connectivity index (χ1v) is 6.88. The van der Waals surface area contributed by atoms with Crippen molar-refractivity contribution in [1.29, 1.82) is 0 Å². The topological polar surface area (TPSA) is 64.4 Å². The van der Waals surface area contributed by atoms with E-state index in [0.29, 0.717) is 16.9 Å². The first kappa shape index (κ1) is 16.9. The van der Waals surface area contributed by atoms with Crippen molar-refractivity contribution < 1.29 is 13.2 Å². The maximum Gasteiger partial charge on any atom is 0.430 e. The summed E-state index contributed by atoms with van der Waals surface area (Å²) in [6.45, 7) is 0. The molecule has 23 heavy (non-hydrogen) atoms. The lowest BCUT2D eigenvalue weighted by molar-refractivity contribution is -0.0925. The Labute approximate surface area is 136 Å². The van der Waals surface area contributed by atoms with Gasteiger partial charge in [-0.1, -0.05) is 29.8 Å². The molecule has 0 aromatic heterocycles. The molecular weight excluding hydrogens is 327 g/mol. The number of alkyl halides is 3. The molecule has 0 spiro atoms. The summed E-state index contributed by atoms with van der Waals surface area (Å²) in [6, 6.07) is 12.8. The molecule has 3 nitrogen and oxygen atoms in total. The second-order valence-electron chi connectivity index (χ2n) is 4.67. The van der Waals surface area contributed by atoms with Crippen LogP contribution in [0.3, 0.4) is 0 Å². The number of hydrogen-bond donors (Lipinski definition) is 2. The Morgan fingerprint density at radius 3 is 2.22 bits per heavy atom. The van der Waals surface area contributed by atoms with Gasteiger partial charge in [-0.05, 0) is 36.4 Å². The van der Waals surface area contributed by atoms with Gasteiger partial charge in [0.1, 0.15) is 5.70 Å². The number of nitrogens with zero attached hydrogens (tertiary/aromatic N) is 1. The summed E-state index contributed by atoms with van der Waals surface area (Å²) in [6.07, 6.45) is -3.89. The Balaban J connectivity index is 2.56. The average Bonchev–Trinajstić information content (AvgIpc) is 2.48. The summed E-state index contributed by atoms with van der Waals surface area (Å²) in [5.41, 5.74) is 10.7. The molecule has 0 radical (unpaired) electrons. The zero-order chi connectivity index (χ0) is 17.0. The van der Waals surface area contributed by atoms with Crippen LogP contribution in [0.1, 0.15) is 5.56 Å². The standard InChI is InChI=1S/C16H13ClF3N3/c17-13-4-2-1-3-12(13)14(9-15(22)16(18,19)20)23-11-7-5-10(21)6-8-11/h1-9H,21-22H2. The molecular formula is C16H13ClF3N3. The average molecular weight is 340 g/mol. The third-order valence-corrected chi connectivity index (χ3v) is 3.24. The van der Waals surface area contributed by atoms with Crippen molar-refractivity contribution in [2.24, 2.45) is 10.7 Å². The van der Waals surface area contributed by atoms with E-state index < -0.39 is 11.9 Å². The SMILES string of the molecule is NC(=CC(=Nc1ccc(N)cc1)c1ccccc1Cl)C(F)(F)F. The van der Waals surface area contributed by atoms with E-state index >= 15 is 0 Å². The molecule has 0 amide bonds. The molecule has 0 aliphatic heterocycles. The van der Waals surface area contributed by atoms with Gasteiger partial charge in [0.05, 0.1) is 11.4 Å². The van der Waals surface area contributed by atoms with Gasteiger partial charge in [-0.2, -0.15) is 13.2 Å². The van der Waals surface area contributed by atoms with Gasteiger partial charge in [0, 0.05) is 16.3 Å². The summed E-state index contributed by atoms with van der Waals surface area (Å²) in [7, 11) is 0. The molecule has 0 atom stereocenters. The van der Waals surface area contributed by atoms with Gasteiger partial charge in [-0.15, -0.1) is 0 Å². The van der Waals surface area contributed by atoms with Crippen LogP contribution >= 0.6 is 11.6 Å². The largest absolute Gasteiger partial charge is 0.430 e. The zero-order valence-corrected chi connectivity index (χ0v) is 12.6. The Hall–Kier alpha value is -2.47. The number of aliphatic imine (C=N–C) groups is 1. The van der Waals surface area contributed by atoms with Crippen molar-refractivity contribution in [3.8, 4) is 0 Å². The predicted molar refractivity (Wildman–Crippen MR) is 86.8 cm³/mol. The quantitative estimate of drug-likeness (QED) is 0.641. The Kier molecular flexibility index (Phi) is 4.95. The van der Waals surface area contributed by atoms with Gasteiger partial charge >= 0.3 is 6.18 Å². The maximum atomic E-state index is 12.7. The number of benzene rings is 2. The Morgan fingerprint density at radius 1 is 1.04 bits per heavy atom. The summed E-state index contributed by atoms with van der Waals surface area (Å²) >= 11 is 6.06. The van der Waals surface area contributed by atoms with Gasteiger partial charge < -0.3 is 11.5 Å². The number of halogens is 4. The lowest BCUT2D eigenvalue weighted by Crippen LogP contribution is -2.21. The number of allylic oxidation sites excluding steroid dienone is 2. The molecule has 2 rings (SSSR count). The fraction of sp³-hybridized carbons (Fsp3) is 0.0625. The van der Waals surface area contributed by atoms with E-state index in [1.807, 2.05) is 0 Å². The van der Waals surface area contributed by atoms with Gasteiger partial charge in [-0.25, -0.2) is 4.99 Å². The van der Waals surface area contributed by atoms with E-state index in [1.165, 1.54) is 0 Å². The van der Waals surface area contributed by atoms with E-state index in [1.54, 1.807) is 48.5 Å². The first-order valence-electron chi connectivity index (χ1n) is 6.51. The van der Waals surface area contributed by atoms with E-state index in [2.05, 4.69) is 4.99 Å². The first-order chi connectivity index (χ1) is 10.8. The fourth-order valence-corrected chi connectivity index (χ4v) is 1.99. The third kappa shape index (κ3) is 4.50. The van der Waals surface area contributed by atoms with E-state index in [0.717, 1.165) is 6.08 Å². The van der Waals surface area contributed by atoms with Crippen LogP contribution in [0.15, 0.2) is 65.3 Å². The van der Waals surface area contributed by atoms with Crippen molar-refractivity contribution >= 4 is 28.7 Å². The van der Waals surface area contributed by atoms with Crippen LogP contribution in [-0.4, -0.2) is 11.9 Å². The minimum Gasteiger partial charge on any atom is -0.399 e. The summed E-state index contributed by atoms with van der Waals surface area (Å²) < 4.78 is 38.2. The lowest BCUT2D eigenvalue weighted by Gasteiger charge is -2.09. The van der Waals surface area contributed by atoms with E-state index in [4.69, 9.17) is 23.1 Å². The van der Waals surface area contributed by atoms with E-state index in [-0.39, 0.29) is 10.7 Å². The molecule has 2 aromatic carbocycles. The number of nitrogens with two attached hydrogens (primary N) is 2. The van der Waals surface area contributed by atoms with Gasteiger partial charge in [0.15, 0.2) is 0 Å². The molecule has 0 aliphatic carbocycles. The number of rotatable bonds is 3. The molecule has 7 heteroatoms. The maximum absolute atomic E-state index is 12.7. The molecule has 120 valence electrons. The smallest absolute Gasteiger partial charge is 0.399 e. The minimum absolute atomic E-state index is 0.00944. The predicted octanol–water partition coefficient (Wildman–Crippen LogP) is 4.45. The van der Waals surface area contributed by atoms with E-state index in [9.17, 15) is 13.2 Å². The summed E-state index contributed by atoms with van der Waals surface area (Å²) in [5, 5.41) is 0.271. The van der Waals surface area contributed by atoms with Crippen LogP contribution in [0.2, 0.25) is 5.02 Å². The van der Waals surface area contributed by atoms with Gasteiger partial charge in [-0.3, -0.25) is 0 Å². The zero-order valence-electron chi connectivity index (χ0n) is 11.8. The monoisotopic (exact) mass is 339 g/mol. The molecule has 4 N–H and O–H groups in total. The molecule has 0 fully saturated rings. The van der Waals surface area contributed by atoms with Crippen LogP contribution in [0.5, 0.6) is 0 Å². The highest BCUT2D eigenvalue weighted by molar-refractivity contribution is 6.35. The fourth-order valence-electron chi connectivity index (χ4n) is 1.76. The van der Waals surface area contributed by atoms with Crippen molar-refractivity contribution in [2.75, 3.05) is 5.73 Å². The van der Waals surface area contributed by atoms with Gasteiger partial charge in [0.25, 0.3) is 0 Å². The van der Waals surface area contributed by atoms with Crippen LogP contribution in [0.4, 0.5) is 24.5 Å². The highest BCUT2D eigenvalue weighted by Gasteiger charge is 2.31. The molecule has 0 unspecified atom stereocenters. The lowest BCUT2D eigenvalue weighted by atomic mass is 10.1. The molecule has 0 bridgehead atoms. The van der Waals surface area contributed by atoms with Crippen molar-refractivity contribution in [1.82, 2.24) is 0 Å². The van der Waals surface area contributed by atoms with Crippen molar-refractivity contribution in [3.05, 3.63) is 70.9 Å². The number of anilines is 1. The third-order valence-electron chi connectivity index (χ3n) is 2.91. The Morgan fingerprint density at radius 2 is 1.65 bits per heavy atom. The van der Waals surface area contributed by atoms with Crippen LogP contribution in [-0.2, 0) is 0 Å². The molecule has 0 heterocycles. The number of hydrogen-bond acceptors (Lipinski definition) is 3. The second kappa shape index (κ2) is 6.75. The minimum atomic E-state index is -4.65. The highest BCUT2D eigenvalue weighted by Crippen LogP contribution is 2.25. The van der Waals surface area contributed by atoms with Crippen LogP contribution in [0, 0.1) is 0 Å². The van der Waals surface area contributed by atoms with Crippen molar-refractivity contribution in [2.45, 2.75) is 6.18 Å². The molecule has 2 aromatic rings. The van der Waals surface area contributed by atoms with Crippen LogP contribution < -0.4 is 11.5 Å². The molecule has 0 saturated carbocycles. The van der Waals surface area contributed by atoms with Crippen LogP contribution in [0.25, 0.3) is 0 Å².